The number of amides is 1. The molecular formula is C23H23ClN2O3S2. The molecule has 0 heterocycles. The molecule has 0 spiro atoms. The Labute approximate surface area is 192 Å². The first-order chi connectivity index (χ1) is 14.6. The molecule has 0 saturated heterocycles. The van der Waals surface area contributed by atoms with Crippen molar-refractivity contribution in [1.82, 2.24) is 0 Å². The Hall–Kier alpha value is -2.48. The number of carbonyl (C=O) groups excluding carboxylic acids is 1. The summed E-state index contributed by atoms with van der Waals surface area (Å²) in [5.41, 5.74) is 2.97. The molecule has 8 heteroatoms. The fraction of sp³-hybridized carbons (Fsp3) is 0.174. The van der Waals surface area contributed by atoms with Crippen molar-refractivity contribution >= 4 is 50.7 Å². The molecule has 0 aliphatic rings. The van der Waals surface area contributed by atoms with Gasteiger partial charge in [-0.05, 0) is 80.9 Å². The maximum absolute atomic E-state index is 12.7. The highest BCUT2D eigenvalue weighted by Crippen LogP contribution is 2.26. The normalized spacial score (nSPS) is 12.3. The van der Waals surface area contributed by atoms with Gasteiger partial charge in [0.05, 0.1) is 15.8 Å². The second-order valence-corrected chi connectivity index (χ2v) is 10.7. The summed E-state index contributed by atoms with van der Waals surface area (Å²) in [6.45, 7) is 5.61. The predicted octanol–water partition coefficient (Wildman–Crippen LogP) is 5.88. The minimum absolute atomic E-state index is 0.120. The molecule has 3 aromatic rings. The number of anilines is 2. The number of nitrogens with one attached hydrogen (secondary N) is 2. The molecule has 0 unspecified atom stereocenters. The van der Waals surface area contributed by atoms with Crippen LogP contribution in [-0.2, 0) is 14.8 Å². The molecule has 0 aromatic heterocycles. The molecule has 5 nitrogen and oxygen atoms in total. The molecule has 1 atom stereocenters. The second-order valence-electron chi connectivity index (χ2n) is 7.15. The van der Waals surface area contributed by atoms with Gasteiger partial charge in [0.2, 0.25) is 5.91 Å². The van der Waals surface area contributed by atoms with E-state index in [1.54, 1.807) is 37.3 Å². The van der Waals surface area contributed by atoms with Crippen LogP contribution < -0.4 is 10.0 Å². The maximum atomic E-state index is 12.7. The highest BCUT2D eigenvalue weighted by Gasteiger charge is 2.17. The van der Waals surface area contributed by atoms with E-state index in [-0.39, 0.29) is 16.1 Å². The summed E-state index contributed by atoms with van der Waals surface area (Å²) in [6.07, 6.45) is 0. The number of hydrogen-bond donors (Lipinski definition) is 2. The summed E-state index contributed by atoms with van der Waals surface area (Å²) in [6, 6.07) is 18.9. The standard InChI is InChI=1S/C23H23ClN2O3S2/c1-15-4-13-22(16(2)14-15)26-31(28,29)21-11-7-19(8-12-21)25-23(27)17(3)30-20-9-5-18(24)6-10-20/h4-14,17,26H,1-3H3,(H,25,27)/t17-/m0/s1. The Morgan fingerprint density at radius 2 is 1.61 bits per heavy atom. The molecule has 0 bridgehead atoms. The van der Waals surface area contributed by atoms with Gasteiger partial charge in [-0.1, -0.05) is 29.3 Å². The smallest absolute Gasteiger partial charge is 0.261 e. The zero-order valence-electron chi connectivity index (χ0n) is 17.3. The van der Waals surface area contributed by atoms with Crippen LogP contribution >= 0.6 is 23.4 Å². The average molecular weight is 475 g/mol. The zero-order chi connectivity index (χ0) is 22.6. The number of thioether (sulfide) groups is 1. The van der Waals surface area contributed by atoms with Crippen LogP contribution in [0.2, 0.25) is 5.02 Å². The van der Waals surface area contributed by atoms with E-state index >= 15 is 0 Å². The Morgan fingerprint density at radius 3 is 2.23 bits per heavy atom. The molecule has 162 valence electrons. The van der Waals surface area contributed by atoms with E-state index in [9.17, 15) is 13.2 Å². The van der Waals surface area contributed by atoms with E-state index in [4.69, 9.17) is 11.6 Å². The van der Waals surface area contributed by atoms with Gasteiger partial charge in [-0.3, -0.25) is 9.52 Å². The number of aryl methyl sites for hydroxylation is 2. The van der Waals surface area contributed by atoms with Crippen molar-refractivity contribution < 1.29 is 13.2 Å². The Morgan fingerprint density at radius 1 is 0.968 bits per heavy atom. The minimum Gasteiger partial charge on any atom is -0.325 e. The number of hydrogen-bond acceptors (Lipinski definition) is 4. The van der Waals surface area contributed by atoms with Gasteiger partial charge in [-0.2, -0.15) is 0 Å². The van der Waals surface area contributed by atoms with Crippen LogP contribution in [0.5, 0.6) is 0 Å². The first-order valence-electron chi connectivity index (χ1n) is 9.57. The lowest BCUT2D eigenvalue weighted by atomic mass is 10.1. The summed E-state index contributed by atoms with van der Waals surface area (Å²) in [5, 5.41) is 3.12. The van der Waals surface area contributed by atoms with Crippen LogP contribution in [0.4, 0.5) is 11.4 Å². The first-order valence-corrected chi connectivity index (χ1v) is 12.3. The molecule has 1 amide bonds. The van der Waals surface area contributed by atoms with Crippen LogP contribution in [0, 0.1) is 13.8 Å². The van der Waals surface area contributed by atoms with Crippen LogP contribution in [-0.4, -0.2) is 19.6 Å². The van der Waals surface area contributed by atoms with E-state index < -0.39 is 10.0 Å². The summed E-state index contributed by atoms with van der Waals surface area (Å²) >= 11 is 7.30. The summed E-state index contributed by atoms with van der Waals surface area (Å²) in [7, 11) is -3.73. The van der Waals surface area contributed by atoms with Crippen molar-refractivity contribution in [3.8, 4) is 0 Å². The lowest BCUT2D eigenvalue weighted by Crippen LogP contribution is -2.22. The van der Waals surface area contributed by atoms with Gasteiger partial charge >= 0.3 is 0 Å². The van der Waals surface area contributed by atoms with E-state index in [1.807, 2.05) is 38.1 Å². The second kappa shape index (κ2) is 9.77. The van der Waals surface area contributed by atoms with Gasteiger partial charge in [0.25, 0.3) is 10.0 Å². The lowest BCUT2D eigenvalue weighted by Gasteiger charge is -2.13. The monoisotopic (exact) mass is 474 g/mol. The third-order valence-electron chi connectivity index (χ3n) is 4.55. The van der Waals surface area contributed by atoms with Crippen molar-refractivity contribution in [3.05, 3.63) is 82.9 Å². The van der Waals surface area contributed by atoms with Gasteiger partial charge in [-0.15, -0.1) is 11.8 Å². The van der Waals surface area contributed by atoms with Crippen LogP contribution in [0.3, 0.4) is 0 Å². The van der Waals surface area contributed by atoms with Gasteiger partial charge in [0.15, 0.2) is 0 Å². The van der Waals surface area contributed by atoms with E-state index in [1.165, 1.54) is 23.9 Å². The average Bonchev–Trinajstić information content (AvgIpc) is 2.72. The number of sulfonamides is 1. The number of carbonyl (C=O) groups is 1. The van der Waals surface area contributed by atoms with E-state index in [2.05, 4.69) is 10.0 Å². The summed E-state index contributed by atoms with van der Waals surface area (Å²) in [5.74, 6) is -0.177. The molecule has 0 radical (unpaired) electrons. The molecule has 0 fully saturated rings. The van der Waals surface area contributed by atoms with E-state index in [0.717, 1.165) is 16.0 Å². The van der Waals surface area contributed by atoms with Crippen molar-refractivity contribution in [2.24, 2.45) is 0 Å². The summed E-state index contributed by atoms with van der Waals surface area (Å²) < 4.78 is 28.0. The predicted molar refractivity (Wildman–Crippen MR) is 129 cm³/mol. The molecule has 3 rings (SSSR count). The van der Waals surface area contributed by atoms with Gasteiger partial charge in [0, 0.05) is 15.6 Å². The molecule has 0 aliphatic heterocycles. The molecule has 2 N–H and O–H groups in total. The highest BCUT2D eigenvalue weighted by atomic mass is 35.5. The van der Waals surface area contributed by atoms with Crippen LogP contribution in [0.15, 0.2) is 76.5 Å². The zero-order valence-corrected chi connectivity index (χ0v) is 19.7. The maximum Gasteiger partial charge on any atom is 0.261 e. The first kappa shape index (κ1) is 23.2. The van der Waals surface area contributed by atoms with E-state index in [0.29, 0.717) is 16.4 Å². The van der Waals surface area contributed by atoms with Crippen molar-refractivity contribution in [3.63, 3.8) is 0 Å². The van der Waals surface area contributed by atoms with Crippen LogP contribution in [0.25, 0.3) is 0 Å². The highest BCUT2D eigenvalue weighted by molar-refractivity contribution is 8.00. The molecule has 0 saturated carbocycles. The number of rotatable bonds is 7. The molecule has 0 aliphatic carbocycles. The SMILES string of the molecule is Cc1ccc(NS(=O)(=O)c2ccc(NC(=O)[C@H](C)Sc3ccc(Cl)cc3)cc2)c(C)c1. The van der Waals surface area contributed by atoms with Crippen molar-refractivity contribution in [2.45, 2.75) is 35.8 Å². The Kier molecular flexibility index (Phi) is 7.30. The minimum atomic E-state index is -3.73. The Bertz CT molecular complexity index is 1180. The molecular weight excluding hydrogens is 452 g/mol. The van der Waals surface area contributed by atoms with Crippen LogP contribution in [0.1, 0.15) is 18.1 Å². The van der Waals surface area contributed by atoms with Crippen molar-refractivity contribution in [1.29, 1.82) is 0 Å². The number of benzene rings is 3. The fourth-order valence-electron chi connectivity index (χ4n) is 2.86. The molecule has 31 heavy (non-hydrogen) atoms. The Balaban J connectivity index is 1.64. The third-order valence-corrected chi connectivity index (χ3v) is 7.30. The quantitative estimate of drug-likeness (QED) is 0.419. The van der Waals surface area contributed by atoms with Gasteiger partial charge in [0.1, 0.15) is 0 Å². The lowest BCUT2D eigenvalue weighted by molar-refractivity contribution is -0.115. The fourth-order valence-corrected chi connectivity index (χ4v) is 4.99. The topological polar surface area (TPSA) is 75.3 Å². The summed E-state index contributed by atoms with van der Waals surface area (Å²) in [4.78, 5) is 13.5. The third kappa shape index (κ3) is 6.26. The van der Waals surface area contributed by atoms with Gasteiger partial charge in [-0.25, -0.2) is 8.42 Å². The van der Waals surface area contributed by atoms with Crippen molar-refractivity contribution in [2.75, 3.05) is 10.0 Å². The molecule has 3 aromatic carbocycles. The number of halogens is 1. The van der Waals surface area contributed by atoms with Gasteiger partial charge < -0.3 is 5.32 Å². The largest absolute Gasteiger partial charge is 0.325 e.